The van der Waals surface area contributed by atoms with E-state index in [1.165, 1.54) is 12.8 Å². The van der Waals surface area contributed by atoms with Gasteiger partial charge in [0.1, 0.15) is 0 Å². The van der Waals surface area contributed by atoms with Gasteiger partial charge >= 0.3 is 0 Å². The summed E-state index contributed by atoms with van der Waals surface area (Å²) >= 11 is 0. The Balaban J connectivity index is 2.97. The zero-order valence-corrected chi connectivity index (χ0v) is 7.02. The van der Waals surface area contributed by atoms with Crippen molar-refractivity contribution in [3.8, 4) is 0 Å². The Morgan fingerprint density at radius 1 is 1.50 bits per heavy atom. The van der Waals surface area contributed by atoms with Crippen LogP contribution in [0.3, 0.4) is 0 Å². The van der Waals surface area contributed by atoms with E-state index in [0.29, 0.717) is 6.54 Å². The molecule has 0 fully saturated rings. The van der Waals surface area contributed by atoms with Crippen LogP contribution in [-0.4, -0.2) is 19.7 Å². The molecule has 10 heavy (non-hydrogen) atoms. The number of rotatable bonds is 6. The lowest BCUT2D eigenvalue weighted by Gasteiger charge is -2.09. The van der Waals surface area contributed by atoms with Crippen LogP contribution < -0.4 is 5.32 Å². The molecular formula is C8H18NO. The van der Waals surface area contributed by atoms with Gasteiger partial charge in [-0.3, -0.25) is 0 Å². The number of hydrogen-bond donors (Lipinski definition) is 1. The molecule has 0 saturated heterocycles. The predicted octanol–water partition coefficient (Wildman–Crippen LogP) is 1.44. The van der Waals surface area contributed by atoms with Crippen molar-refractivity contribution in [3.05, 3.63) is 0 Å². The van der Waals surface area contributed by atoms with Gasteiger partial charge in [-0.15, -0.1) is 0 Å². The zero-order chi connectivity index (χ0) is 7.82. The summed E-state index contributed by atoms with van der Waals surface area (Å²) in [4.78, 5) is 0. The molecule has 0 aliphatic rings. The van der Waals surface area contributed by atoms with Crippen molar-refractivity contribution in [3.63, 3.8) is 0 Å². The van der Waals surface area contributed by atoms with Gasteiger partial charge in [-0.05, 0) is 18.9 Å². The summed E-state index contributed by atoms with van der Waals surface area (Å²) in [5.74, 6) is 0.719. The van der Waals surface area contributed by atoms with Crippen LogP contribution >= 0.6 is 0 Å². The van der Waals surface area contributed by atoms with Crippen molar-refractivity contribution in [1.82, 2.24) is 5.32 Å². The maximum Gasteiger partial charge on any atom is 0.0946 e. The highest BCUT2D eigenvalue weighted by atomic mass is 16.3. The van der Waals surface area contributed by atoms with Gasteiger partial charge in [0.2, 0.25) is 0 Å². The Morgan fingerprint density at radius 2 is 2.20 bits per heavy atom. The molecule has 2 heteroatoms. The molecule has 1 radical (unpaired) electrons. The van der Waals surface area contributed by atoms with Gasteiger partial charge < -0.3 is 5.32 Å². The van der Waals surface area contributed by atoms with Gasteiger partial charge in [0.25, 0.3) is 0 Å². The predicted molar refractivity (Wildman–Crippen MR) is 42.5 cm³/mol. The summed E-state index contributed by atoms with van der Waals surface area (Å²) in [6, 6.07) is 0. The first-order valence-corrected chi connectivity index (χ1v) is 4.10. The van der Waals surface area contributed by atoms with E-state index in [2.05, 4.69) is 19.2 Å². The first-order chi connectivity index (χ1) is 4.81. The fourth-order valence-corrected chi connectivity index (χ4v) is 1.02. The molecule has 0 bridgehead atoms. The average molecular weight is 144 g/mol. The molecule has 0 aromatic heterocycles. The molecule has 0 aliphatic heterocycles. The minimum Gasteiger partial charge on any atom is -0.314 e. The summed E-state index contributed by atoms with van der Waals surface area (Å²) < 4.78 is 0. The van der Waals surface area contributed by atoms with Crippen LogP contribution in [0.15, 0.2) is 0 Å². The normalized spacial score (nSPS) is 13.5. The molecule has 1 unspecified atom stereocenters. The molecule has 0 rings (SSSR count). The van der Waals surface area contributed by atoms with E-state index in [4.69, 9.17) is 0 Å². The molecule has 61 valence electrons. The van der Waals surface area contributed by atoms with E-state index in [1.807, 2.05) is 0 Å². The molecule has 0 aromatic carbocycles. The molecule has 2 nitrogen and oxygen atoms in total. The molecule has 1 N–H and O–H groups in total. The fraction of sp³-hybridized carbons (Fsp3) is 1.00. The largest absolute Gasteiger partial charge is 0.314 e. The SMILES string of the molecule is CCCC(C)CNCC[O]. The second-order valence-electron chi connectivity index (χ2n) is 2.80. The van der Waals surface area contributed by atoms with E-state index in [-0.39, 0.29) is 6.61 Å². The summed E-state index contributed by atoms with van der Waals surface area (Å²) in [5.41, 5.74) is 0. The van der Waals surface area contributed by atoms with Crippen LogP contribution in [0, 0.1) is 5.92 Å². The molecule has 0 saturated carbocycles. The van der Waals surface area contributed by atoms with Crippen molar-refractivity contribution >= 4 is 0 Å². The molecule has 0 aromatic rings. The van der Waals surface area contributed by atoms with Gasteiger partial charge in [0.05, 0.1) is 6.61 Å². The highest BCUT2D eigenvalue weighted by Gasteiger charge is 1.97. The first-order valence-electron chi connectivity index (χ1n) is 4.10. The molecule has 0 aliphatic carbocycles. The Bertz CT molecular complexity index is 66.3. The van der Waals surface area contributed by atoms with Crippen LogP contribution in [0.1, 0.15) is 26.7 Å². The molecule has 0 amide bonds. The van der Waals surface area contributed by atoms with Crippen LogP contribution in [0.2, 0.25) is 0 Å². The molecule has 0 heterocycles. The average Bonchev–Trinajstić information content (AvgIpc) is 1.89. The van der Waals surface area contributed by atoms with Crippen molar-refractivity contribution < 1.29 is 5.11 Å². The quantitative estimate of drug-likeness (QED) is 0.562. The fourth-order valence-electron chi connectivity index (χ4n) is 1.02. The molecule has 0 spiro atoms. The lowest BCUT2D eigenvalue weighted by Crippen LogP contribution is -2.23. The Kier molecular flexibility index (Phi) is 6.98. The van der Waals surface area contributed by atoms with E-state index in [9.17, 15) is 5.11 Å². The van der Waals surface area contributed by atoms with Crippen molar-refractivity contribution in [2.24, 2.45) is 5.92 Å². The third-order valence-electron chi connectivity index (χ3n) is 1.55. The number of nitrogens with one attached hydrogen (secondary N) is 1. The van der Waals surface area contributed by atoms with Crippen LogP contribution in [0.5, 0.6) is 0 Å². The third-order valence-corrected chi connectivity index (χ3v) is 1.55. The summed E-state index contributed by atoms with van der Waals surface area (Å²) in [6.45, 7) is 6.01. The van der Waals surface area contributed by atoms with E-state index in [1.54, 1.807) is 0 Å². The van der Waals surface area contributed by atoms with Crippen molar-refractivity contribution in [2.75, 3.05) is 19.7 Å². The Hall–Kier alpha value is -0.0800. The molecule has 1 atom stereocenters. The smallest absolute Gasteiger partial charge is 0.0946 e. The van der Waals surface area contributed by atoms with Crippen LogP contribution in [0.4, 0.5) is 0 Å². The zero-order valence-electron chi connectivity index (χ0n) is 7.02. The minimum absolute atomic E-state index is 0.00115. The topological polar surface area (TPSA) is 31.9 Å². The second-order valence-corrected chi connectivity index (χ2v) is 2.80. The maximum atomic E-state index is 10.0. The highest BCUT2D eigenvalue weighted by molar-refractivity contribution is 4.55. The lowest BCUT2D eigenvalue weighted by atomic mass is 10.1. The Labute approximate surface area is 63.6 Å². The summed E-state index contributed by atoms with van der Waals surface area (Å²) in [7, 11) is 0. The third kappa shape index (κ3) is 6.05. The van der Waals surface area contributed by atoms with Crippen LogP contribution in [-0.2, 0) is 5.11 Å². The van der Waals surface area contributed by atoms with E-state index in [0.717, 1.165) is 12.5 Å². The first kappa shape index (κ1) is 9.92. The highest BCUT2D eigenvalue weighted by Crippen LogP contribution is 2.01. The van der Waals surface area contributed by atoms with Gasteiger partial charge in [-0.25, -0.2) is 5.11 Å². The maximum absolute atomic E-state index is 10.0. The summed E-state index contributed by atoms with van der Waals surface area (Å²) in [6.07, 6.45) is 2.49. The van der Waals surface area contributed by atoms with E-state index < -0.39 is 0 Å². The monoisotopic (exact) mass is 144 g/mol. The number of hydrogen-bond acceptors (Lipinski definition) is 1. The van der Waals surface area contributed by atoms with Gasteiger partial charge in [0.15, 0.2) is 0 Å². The van der Waals surface area contributed by atoms with Crippen LogP contribution in [0.25, 0.3) is 0 Å². The molecular weight excluding hydrogens is 126 g/mol. The standard InChI is InChI=1S/C8H18NO/c1-3-4-8(2)7-9-5-6-10/h8-9H,3-7H2,1-2H3. The second kappa shape index (κ2) is 7.03. The van der Waals surface area contributed by atoms with E-state index >= 15 is 0 Å². The van der Waals surface area contributed by atoms with Crippen molar-refractivity contribution in [2.45, 2.75) is 26.7 Å². The van der Waals surface area contributed by atoms with Crippen molar-refractivity contribution in [1.29, 1.82) is 0 Å². The Morgan fingerprint density at radius 3 is 2.70 bits per heavy atom. The summed E-state index contributed by atoms with van der Waals surface area (Å²) in [5, 5.41) is 13.1. The minimum atomic E-state index is -0.00115. The van der Waals surface area contributed by atoms with Gasteiger partial charge in [-0.2, -0.15) is 0 Å². The van der Waals surface area contributed by atoms with Gasteiger partial charge in [0, 0.05) is 6.54 Å². The van der Waals surface area contributed by atoms with Gasteiger partial charge in [-0.1, -0.05) is 20.3 Å². The lowest BCUT2D eigenvalue weighted by molar-refractivity contribution is 0.192.